The summed E-state index contributed by atoms with van der Waals surface area (Å²) >= 11 is 3.44. The highest BCUT2D eigenvalue weighted by Crippen LogP contribution is 2.71. The first-order valence-electron chi connectivity index (χ1n) is 19.8. The molecule has 330 valence electrons. The van der Waals surface area contributed by atoms with E-state index in [1.165, 1.54) is 38.1 Å². The van der Waals surface area contributed by atoms with Crippen LogP contribution in [0.25, 0.3) is 11.0 Å². The number of esters is 1. The normalized spacial score (nSPS) is 32.9. The van der Waals surface area contributed by atoms with Crippen LogP contribution in [0.3, 0.4) is 0 Å². The Labute approximate surface area is 357 Å². The zero-order chi connectivity index (χ0) is 44.2. The van der Waals surface area contributed by atoms with Crippen LogP contribution in [0.5, 0.6) is 5.75 Å². The van der Waals surface area contributed by atoms with E-state index in [-0.39, 0.29) is 44.3 Å². The minimum atomic E-state index is -1.71. The summed E-state index contributed by atoms with van der Waals surface area (Å²) in [5, 5.41) is 3.25. The van der Waals surface area contributed by atoms with Crippen molar-refractivity contribution in [1.82, 2.24) is 15.1 Å². The summed E-state index contributed by atoms with van der Waals surface area (Å²) in [5.74, 6) is -1.17. The second-order valence-electron chi connectivity index (χ2n) is 17.5. The van der Waals surface area contributed by atoms with Gasteiger partial charge in [0.25, 0.3) is 0 Å². The highest BCUT2D eigenvalue weighted by molar-refractivity contribution is 9.10. The highest BCUT2D eigenvalue weighted by atomic mass is 79.9. The molecule has 2 amide bonds. The molecule has 1 unspecified atom stereocenters. The fourth-order valence-electron chi connectivity index (χ4n) is 10.2. The van der Waals surface area contributed by atoms with Gasteiger partial charge in [0.15, 0.2) is 24.3 Å². The molecule has 6 rings (SSSR count). The Morgan fingerprint density at radius 2 is 1.78 bits per heavy atom. The Bertz CT molecular complexity index is 2090. The van der Waals surface area contributed by atoms with Crippen molar-refractivity contribution in [3.63, 3.8) is 0 Å². The summed E-state index contributed by atoms with van der Waals surface area (Å²) in [6, 6.07) is 4.46. The van der Waals surface area contributed by atoms with E-state index in [4.69, 9.17) is 42.3 Å². The van der Waals surface area contributed by atoms with Crippen LogP contribution >= 0.6 is 15.9 Å². The number of halogens is 1. The number of nitrogens with zero attached hydrogens (tertiary/aromatic N) is 2. The van der Waals surface area contributed by atoms with Crippen molar-refractivity contribution < 1.29 is 61.5 Å². The number of hydrogen-bond donors (Lipinski definition) is 1. The van der Waals surface area contributed by atoms with E-state index < -0.39 is 82.1 Å². The maximum absolute atomic E-state index is 15.0. The lowest BCUT2D eigenvalue weighted by atomic mass is 9.39. The number of ether oxygens (including phenoxy) is 8. The molecule has 2 aliphatic carbocycles. The number of nitrogens with one attached hydrogen (secondary N) is 1. The third kappa shape index (κ3) is 7.72. The molecule has 3 heterocycles. The van der Waals surface area contributed by atoms with Gasteiger partial charge in [0, 0.05) is 75.0 Å². The van der Waals surface area contributed by atoms with E-state index in [1.807, 2.05) is 20.8 Å². The number of hydrogen-bond acceptors (Lipinski definition) is 15. The van der Waals surface area contributed by atoms with Gasteiger partial charge in [-0.05, 0) is 68.2 Å². The minimum absolute atomic E-state index is 0.00778. The summed E-state index contributed by atoms with van der Waals surface area (Å²) in [5.41, 5.74) is -6.35. The zero-order valence-electron chi connectivity index (χ0n) is 35.8. The van der Waals surface area contributed by atoms with Crippen molar-refractivity contribution in [2.24, 2.45) is 16.7 Å². The van der Waals surface area contributed by atoms with Crippen LogP contribution in [0.1, 0.15) is 66.4 Å². The quantitative estimate of drug-likeness (QED) is 0.0951. The molecular formula is C42H56BrN3O14. The Morgan fingerprint density at radius 1 is 1.07 bits per heavy atom. The monoisotopic (exact) mass is 905 g/mol. The molecule has 1 aromatic carbocycles. The van der Waals surface area contributed by atoms with Gasteiger partial charge in [0.2, 0.25) is 6.41 Å². The Hall–Kier alpha value is -4.07. The van der Waals surface area contributed by atoms with Crippen molar-refractivity contribution >= 4 is 50.8 Å². The van der Waals surface area contributed by atoms with Gasteiger partial charge < -0.3 is 52.5 Å². The number of ketones is 1. The molecule has 4 aliphatic rings. The molecule has 0 radical (unpaired) electrons. The first-order valence-corrected chi connectivity index (χ1v) is 20.6. The molecule has 2 saturated heterocycles. The Balaban J connectivity index is 1.22. The molecule has 2 aliphatic heterocycles. The lowest BCUT2D eigenvalue weighted by Gasteiger charge is -2.74. The van der Waals surface area contributed by atoms with E-state index >= 15 is 0 Å². The molecule has 1 spiro atoms. The van der Waals surface area contributed by atoms with Crippen LogP contribution in [0.4, 0.5) is 9.59 Å². The first-order chi connectivity index (χ1) is 28.1. The molecule has 0 bridgehead atoms. The largest absolute Gasteiger partial charge is 0.466 e. The molecule has 18 heteroatoms. The van der Waals surface area contributed by atoms with Crippen molar-refractivity contribution in [3.8, 4) is 5.75 Å². The van der Waals surface area contributed by atoms with Crippen LogP contribution in [-0.4, -0.2) is 123 Å². The number of rotatable bonds is 12. The van der Waals surface area contributed by atoms with Crippen molar-refractivity contribution in [3.05, 3.63) is 51.3 Å². The van der Waals surface area contributed by atoms with Crippen molar-refractivity contribution in [1.29, 1.82) is 0 Å². The fourth-order valence-corrected chi connectivity index (χ4v) is 10.6. The second kappa shape index (κ2) is 16.7. The number of likely N-dealkylation sites (N-methyl/N-ethyl adjacent to an activating group) is 1. The number of methoxy groups -OCH3 is 1. The van der Waals surface area contributed by atoms with E-state index in [0.717, 1.165) is 0 Å². The molecule has 60 heavy (non-hydrogen) atoms. The number of carbonyl (C=O) groups excluding carboxylic acids is 4. The summed E-state index contributed by atoms with van der Waals surface area (Å²) in [4.78, 5) is 70.4. The number of fused-ring (bicyclic) bond motifs is 1. The predicted molar refractivity (Wildman–Crippen MR) is 218 cm³/mol. The van der Waals surface area contributed by atoms with Crippen LogP contribution in [-0.2, 0) is 49.4 Å². The number of alkyl carbamates (subject to hydrolysis) is 1. The van der Waals surface area contributed by atoms with E-state index in [1.54, 1.807) is 45.0 Å². The van der Waals surface area contributed by atoms with Crippen molar-refractivity contribution in [2.45, 2.75) is 109 Å². The van der Waals surface area contributed by atoms with Gasteiger partial charge in [-0.2, -0.15) is 0 Å². The number of carbonyl (C=O) groups is 4. The summed E-state index contributed by atoms with van der Waals surface area (Å²) in [6.45, 7) is 14.3. The molecule has 9 atom stereocenters. The summed E-state index contributed by atoms with van der Waals surface area (Å²) in [7, 11) is 6.54. The molecule has 1 aromatic heterocycles. The van der Waals surface area contributed by atoms with E-state index in [2.05, 4.69) is 27.8 Å². The van der Waals surface area contributed by atoms with Crippen LogP contribution in [0, 0.1) is 16.7 Å². The van der Waals surface area contributed by atoms with Crippen molar-refractivity contribution in [2.75, 3.05) is 48.1 Å². The van der Waals surface area contributed by atoms with E-state index in [0.29, 0.717) is 34.0 Å². The van der Waals surface area contributed by atoms with Gasteiger partial charge in [-0.3, -0.25) is 14.5 Å². The SMILES string of the molecule is C=C[C@@]1(C)CC(=O)[C@@]23OC(N(C)C)O[C@H]4CCC(C)(C)[C@H]([C@H](OC(=O)NCCN(C)C(=O)OCc5cc(=O)oc6cc(OCOC)c(Br)cc56)[C@H](OC(C)=O)[C@@]2(C)O1)[C@]43C. The van der Waals surface area contributed by atoms with Gasteiger partial charge in [-0.25, -0.2) is 14.4 Å². The average molecular weight is 907 g/mol. The third-order valence-corrected chi connectivity index (χ3v) is 13.3. The van der Waals surface area contributed by atoms with Crippen LogP contribution in [0.2, 0.25) is 0 Å². The summed E-state index contributed by atoms with van der Waals surface area (Å²) < 4.78 is 54.8. The maximum Gasteiger partial charge on any atom is 0.409 e. The number of Topliss-reactive ketones (excluding diaryl/α,β-unsaturated/α-hetero) is 1. The van der Waals surface area contributed by atoms with Crippen LogP contribution in [0.15, 0.2) is 44.5 Å². The van der Waals surface area contributed by atoms with Gasteiger partial charge in [-0.15, -0.1) is 6.58 Å². The Kier molecular flexibility index (Phi) is 12.6. The average Bonchev–Trinajstić information content (AvgIpc) is 3.15. The van der Waals surface area contributed by atoms with Gasteiger partial charge in [0.1, 0.15) is 29.6 Å². The molecule has 4 fully saturated rings. The second-order valence-corrected chi connectivity index (χ2v) is 18.4. The van der Waals surface area contributed by atoms with Gasteiger partial charge >= 0.3 is 23.8 Å². The molecule has 17 nitrogen and oxygen atoms in total. The highest BCUT2D eigenvalue weighted by Gasteiger charge is 2.85. The fraction of sp³-hybridized carbons (Fsp3) is 0.643. The Morgan fingerprint density at radius 3 is 2.43 bits per heavy atom. The maximum atomic E-state index is 15.0. The van der Waals surface area contributed by atoms with E-state index in [9.17, 15) is 24.0 Å². The lowest BCUT2D eigenvalue weighted by Crippen LogP contribution is -2.90. The predicted octanol–water partition coefficient (Wildman–Crippen LogP) is 5.28. The molecule has 2 aromatic rings. The number of amides is 2. The minimum Gasteiger partial charge on any atom is -0.466 e. The van der Waals surface area contributed by atoms with Gasteiger partial charge in [0.05, 0.1) is 16.2 Å². The molecular weight excluding hydrogens is 850 g/mol. The topological polar surface area (TPSA) is 191 Å². The molecule has 2 saturated carbocycles. The first kappa shape index (κ1) is 45.5. The number of benzene rings is 1. The van der Waals surface area contributed by atoms with Crippen LogP contribution < -0.4 is 15.7 Å². The lowest BCUT2D eigenvalue weighted by molar-refractivity contribution is -0.456. The summed E-state index contributed by atoms with van der Waals surface area (Å²) in [6.07, 6.45) is -2.82. The zero-order valence-corrected chi connectivity index (χ0v) is 37.4. The third-order valence-electron chi connectivity index (χ3n) is 12.7. The molecule has 1 N–H and O–H groups in total. The standard InChI is InChI=1S/C42H56BrN3O14/c1-12-39(5)20-29(48)42-40(6)30(57-37(59-42)45(8)9)13-14-38(3,4)33(40)32(34(55-23(2)47)41(42,7)60-39)58-35(50)44-15-16-46(10)36(51)53-21-24-17-31(49)56-27-19-28(54-22-52-11)26(43)18-25(24)27/h12,17-19,30,32-34,37H,1,13-16,20-22H2,2-11H3,(H,44,50)/t30-,32-,33-,34-,37?,39-,40-,41+,42-/m0/s1. The van der Waals surface area contributed by atoms with Gasteiger partial charge in [-0.1, -0.05) is 26.8 Å². The smallest absolute Gasteiger partial charge is 0.409 e.